The lowest BCUT2D eigenvalue weighted by atomic mass is 10.7. The molecule has 0 atom stereocenters. The summed E-state index contributed by atoms with van der Waals surface area (Å²) in [5, 5.41) is 8.02. The molecule has 0 aliphatic rings. The summed E-state index contributed by atoms with van der Waals surface area (Å²) in [4.78, 5) is 9.77. The van der Waals surface area contributed by atoms with Gasteiger partial charge in [0.1, 0.15) is 3.58 Å². The van der Waals surface area contributed by atoms with Gasteiger partial charge >= 0.3 is 5.97 Å². The Balaban J connectivity index is 3.82. The first kappa shape index (κ1) is 7.23. The average Bonchev–Trinajstić information content (AvgIpc) is 1.65. The Kier molecular flexibility index (Phi) is 3.37. The molecule has 0 saturated heterocycles. The first-order valence-corrected chi connectivity index (χ1v) is 2.89. The van der Waals surface area contributed by atoms with Gasteiger partial charge in [-0.1, -0.05) is 11.6 Å². The molecule has 0 aromatic rings. The number of carbonyl (C=O) groups is 1. The molecule has 4 heteroatoms. The first-order valence-electron chi connectivity index (χ1n) is 1.37. The van der Waals surface area contributed by atoms with E-state index in [-0.39, 0.29) is 3.58 Å². The van der Waals surface area contributed by atoms with Gasteiger partial charge in [-0.25, -0.2) is 4.79 Å². The summed E-state index contributed by atoms with van der Waals surface area (Å²) < 4.78 is 0.124. The first-order chi connectivity index (χ1) is 3.18. The molecule has 0 rings (SSSR count). The number of hydrogen-bond donors (Lipinski definition) is 1. The van der Waals surface area contributed by atoms with Gasteiger partial charge in [-0.05, 0) is 22.6 Å². The maximum atomic E-state index is 9.77. The highest BCUT2D eigenvalue weighted by Gasteiger charge is 1.97. The topological polar surface area (TPSA) is 37.3 Å². The standard InChI is InChI=1S/C3H2ClIO2/c4-1-2(5)3(6)7/h1H,(H,6,7). The molecule has 7 heavy (non-hydrogen) atoms. The highest BCUT2D eigenvalue weighted by Crippen LogP contribution is 2.05. The molecule has 0 saturated carbocycles. The molecule has 0 radical (unpaired) electrons. The minimum absolute atomic E-state index is 0.124. The molecular formula is C3H2ClIO2. The number of hydrogen-bond acceptors (Lipinski definition) is 1. The Morgan fingerprint density at radius 2 is 2.29 bits per heavy atom. The maximum absolute atomic E-state index is 9.77. The van der Waals surface area contributed by atoms with Gasteiger partial charge in [-0.2, -0.15) is 0 Å². The van der Waals surface area contributed by atoms with Crippen LogP contribution in [-0.4, -0.2) is 11.1 Å². The van der Waals surface area contributed by atoms with Crippen molar-refractivity contribution in [1.29, 1.82) is 0 Å². The van der Waals surface area contributed by atoms with Crippen LogP contribution in [-0.2, 0) is 4.79 Å². The Morgan fingerprint density at radius 1 is 1.86 bits per heavy atom. The zero-order chi connectivity index (χ0) is 5.86. The molecule has 0 spiro atoms. The molecule has 0 amide bonds. The van der Waals surface area contributed by atoms with Crippen LogP contribution < -0.4 is 0 Å². The van der Waals surface area contributed by atoms with Crippen molar-refractivity contribution in [2.24, 2.45) is 0 Å². The second-order valence-electron chi connectivity index (χ2n) is 0.762. The SMILES string of the molecule is O=C(O)C(I)=CCl. The zero-order valence-corrected chi connectivity index (χ0v) is 6.10. The minimum atomic E-state index is -0.990. The van der Waals surface area contributed by atoms with E-state index >= 15 is 0 Å². The van der Waals surface area contributed by atoms with Crippen molar-refractivity contribution in [3.05, 3.63) is 9.12 Å². The van der Waals surface area contributed by atoms with E-state index in [1.165, 1.54) is 0 Å². The van der Waals surface area contributed by atoms with Crippen molar-refractivity contribution in [2.75, 3.05) is 0 Å². The van der Waals surface area contributed by atoms with E-state index in [2.05, 4.69) is 0 Å². The molecule has 0 aromatic carbocycles. The summed E-state index contributed by atoms with van der Waals surface area (Å²) in [6, 6.07) is 0. The molecule has 0 aliphatic heterocycles. The third kappa shape index (κ3) is 2.87. The Labute approximate surface area is 59.3 Å². The highest BCUT2D eigenvalue weighted by atomic mass is 127. The number of aliphatic carboxylic acids is 1. The minimum Gasteiger partial charge on any atom is -0.477 e. The summed E-state index contributed by atoms with van der Waals surface area (Å²) in [5.74, 6) is -0.990. The fourth-order valence-corrected chi connectivity index (χ4v) is 0.140. The summed E-state index contributed by atoms with van der Waals surface area (Å²) in [5.41, 5.74) is 1.02. The molecule has 2 nitrogen and oxygen atoms in total. The molecule has 1 N–H and O–H groups in total. The van der Waals surface area contributed by atoms with Gasteiger partial charge in [0.2, 0.25) is 0 Å². The lowest BCUT2D eigenvalue weighted by Crippen LogP contribution is -1.90. The summed E-state index contributed by atoms with van der Waals surface area (Å²) in [6.07, 6.45) is 0. The second-order valence-corrected chi connectivity index (χ2v) is 2.14. The second kappa shape index (κ2) is 3.26. The van der Waals surface area contributed by atoms with E-state index in [1.807, 2.05) is 0 Å². The van der Waals surface area contributed by atoms with E-state index in [0.29, 0.717) is 0 Å². The molecule has 0 aliphatic carbocycles. The maximum Gasteiger partial charge on any atom is 0.342 e. The molecule has 0 fully saturated rings. The molecule has 0 unspecified atom stereocenters. The number of rotatable bonds is 1. The Bertz CT molecular complexity index is 110. The van der Waals surface area contributed by atoms with Crippen LogP contribution in [0.1, 0.15) is 0 Å². The molecule has 0 heterocycles. The van der Waals surface area contributed by atoms with Crippen molar-refractivity contribution in [3.8, 4) is 0 Å². The predicted octanol–water partition coefficient (Wildman–Crippen LogP) is 1.59. The van der Waals surface area contributed by atoms with E-state index in [1.54, 1.807) is 22.6 Å². The lowest BCUT2D eigenvalue weighted by molar-refractivity contribution is -0.131. The zero-order valence-electron chi connectivity index (χ0n) is 3.19. The molecule has 40 valence electrons. The third-order valence-electron chi connectivity index (χ3n) is 0.300. The summed E-state index contributed by atoms with van der Waals surface area (Å²) in [7, 11) is 0. The third-order valence-corrected chi connectivity index (χ3v) is 1.66. The van der Waals surface area contributed by atoms with E-state index in [9.17, 15) is 4.79 Å². The van der Waals surface area contributed by atoms with Gasteiger partial charge in [0, 0.05) is 5.54 Å². The molecule has 0 aromatic heterocycles. The summed E-state index contributed by atoms with van der Waals surface area (Å²) in [6.45, 7) is 0. The van der Waals surface area contributed by atoms with Crippen LogP contribution in [0.4, 0.5) is 0 Å². The molecular weight excluding hydrogens is 230 g/mol. The largest absolute Gasteiger partial charge is 0.477 e. The van der Waals surface area contributed by atoms with Crippen molar-refractivity contribution in [3.63, 3.8) is 0 Å². The monoisotopic (exact) mass is 232 g/mol. The smallest absolute Gasteiger partial charge is 0.342 e. The lowest BCUT2D eigenvalue weighted by Gasteiger charge is -1.80. The average molecular weight is 232 g/mol. The van der Waals surface area contributed by atoms with Crippen LogP contribution in [0, 0.1) is 0 Å². The van der Waals surface area contributed by atoms with Crippen molar-refractivity contribution in [1.82, 2.24) is 0 Å². The normalized spacial score (nSPS) is 11.4. The number of carboxylic acids is 1. The van der Waals surface area contributed by atoms with E-state index < -0.39 is 5.97 Å². The van der Waals surface area contributed by atoms with Gasteiger partial charge in [0.15, 0.2) is 0 Å². The van der Waals surface area contributed by atoms with Crippen LogP contribution in [0.3, 0.4) is 0 Å². The number of halogens is 2. The summed E-state index contributed by atoms with van der Waals surface area (Å²) >= 11 is 6.62. The van der Waals surface area contributed by atoms with Crippen molar-refractivity contribution < 1.29 is 9.90 Å². The van der Waals surface area contributed by atoms with Gasteiger partial charge in [0.25, 0.3) is 0 Å². The fourth-order valence-electron chi connectivity index (χ4n) is 0.0467. The molecule has 0 bridgehead atoms. The Morgan fingerprint density at radius 3 is 2.29 bits per heavy atom. The van der Waals surface area contributed by atoms with Crippen LogP contribution in [0.25, 0.3) is 0 Å². The van der Waals surface area contributed by atoms with Crippen LogP contribution >= 0.6 is 34.2 Å². The van der Waals surface area contributed by atoms with Crippen LogP contribution in [0.15, 0.2) is 9.12 Å². The van der Waals surface area contributed by atoms with Gasteiger partial charge in [0.05, 0.1) is 0 Å². The fraction of sp³-hybridized carbons (Fsp3) is 0. The number of carboxylic acid groups (broad SMARTS) is 1. The van der Waals surface area contributed by atoms with Gasteiger partial charge in [-0.3, -0.25) is 0 Å². The Hall–Kier alpha value is 0.230. The van der Waals surface area contributed by atoms with E-state index in [0.717, 1.165) is 5.54 Å². The quantitative estimate of drug-likeness (QED) is 0.550. The van der Waals surface area contributed by atoms with Crippen molar-refractivity contribution in [2.45, 2.75) is 0 Å². The van der Waals surface area contributed by atoms with Crippen molar-refractivity contribution >= 4 is 40.2 Å². The van der Waals surface area contributed by atoms with Gasteiger partial charge < -0.3 is 5.11 Å². The van der Waals surface area contributed by atoms with E-state index in [4.69, 9.17) is 16.7 Å². The van der Waals surface area contributed by atoms with Crippen LogP contribution in [0.2, 0.25) is 0 Å². The highest BCUT2D eigenvalue weighted by molar-refractivity contribution is 14.1. The predicted molar refractivity (Wildman–Crippen MR) is 35.6 cm³/mol. The van der Waals surface area contributed by atoms with Crippen LogP contribution in [0.5, 0.6) is 0 Å². The van der Waals surface area contributed by atoms with Gasteiger partial charge in [-0.15, -0.1) is 0 Å².